The molecule has 0 aromatic heterocycles. The van der Waals surface area contributed by atoms with Crippen LogP contribution < -0.4 is 10.0 Å². The molecule has 22 heavy (non-hydrogen) atoms. The molecule has 0 heterocycles. The van der Waals surface area contributed by atoms with Crippen LogP contribution in [-0.4, -0.2) is 26.1 Å². The molecule has 1 aromatic carbocycles. The van der Waals surface area contributed by atoms with Crippen LogP contribution in [0.5, 0.6) is 0 Å². The van der Waals surface area contributed by atoms with Gasteiger partial charge in [-0.2, -0.15) is 0 Å². The average Bonchev–Trinajstić information content (AvgIpc) is 2.42. The smallest absolute Gasteiger partial charge is 0.224 e. The van der Waals surface area contributed by atoms with Crippen molar-refractivity contribution in [2.24, 2.45) is 0 Å². The molecule has 124 valence electrons. The molecule has 0 fully saturated rings. The number of amides is 1. The molecule has 0 aliphatic carbocycles. The summed E-state index contributed by atoms with van der Waals surface area (Å²) in [7, 11) is -3.25. The number of hydrogen-bond acceptors (Lipinski definition) is 3. The first-order valence-electron chi connectivity index (χ1n) is 7.27. The Morgan fingerprint density at radius 3 is 2.55 bits per heavy atom. The topological polar surface area (TPSA) is 75.3 Å². The fourth-order valence-corrected chi connectivity index (χ4v) is 2.45. The molecule has 0 aliphatic rings. The van der Waals surface area contributed by atoms with E-state index in [0.29, 0.717) is 30.6 Å². The van der Waals surface area contributed by atoms with Crippen molar-refractivity contribution in [3.63, 3.8) is 0 Å². The highest BCUT2D eigenvalue weighted by Gasteiger charge is 2.14. The lowest BCUT2D eigenvalue weighted by Crippen LogP contribution is -2.31. The summed E-state index contributed by atoms with van der Waals surface area (Å²) in [4.78, 5) is 11.7. The van der Waals surface area contributed by atoms with Crippen molar-refractivity contribution >= 4 is 21.6 Å². The number of rotatable bonds is 8. The summed E-state index contributed by atoms with van der Waals surface area (Å²) < 4.78 is 38.8. The molecule has 1 aromatic rings. The van der Waals surface area contributed by atoms with Crippen molar-refractivity contribution in [3.05, 3.63) is 29.6 Å². The van der Waals surface area contributed by atoms with Crippen LogP contribution in [0.2, 0.25) is 0 Å². The molecule has 0 bridgehead atoms. The third kappa shape index (κ3) is 6.11. The van der Waals surface area contributed by atoms with Crippen LogP contribution in [0.4, 0.5) is 10.1 Å². The minimum Gasteiger partial charge on any atom is -0.326 e. The molecular weight excluding hydrogens is 307 g/mol. The van der Waals surface area contributed by atoms with Crippen LogP contribution in [0, 0.1) is 12.7 Å². The molecule has 1 amide bonds. The maximum atomic E-state index is 13.3. The van der Waals surface area contributed by atoms with E-state index in [1.54, 1.807) is 32.9 Å². The van der Waals surface area contributed by atoms with E-state index in [1.807, 2.05) is 0 Å². The zero-order chi connectivity index (χ0) is 16.8. The summed E-state index contributed by atoms with van der Waals surface area (Å²) in [5.41, 5.74) is 0.948. The highest BCUT2D eigenvalue weighted by atomic mass is 32.2. The SMILES string of the molecule is Cc1ccc(NC(=O)CCCCNS(=O)(=O)C(C)C)cc1F. The molecule has 7 heteroatoms. The lowest BCUT2D eigenvalue weighted by molar-refractivity contribution is -0.116. The molecule has 0 aliphatic heterocycles. The zero-order valence-corrected chi connectivity index (χ0v) is 14.0. The second kappa shape index (κ2) is 8.24. The number of anilines is 1. The van der Waals surface area contributed by atoms with Gasteiger partial charge in [-0.1, -0.05) is 6.07 Å². The van der Waals surface area contributed by atoms with E-state index in [4.69, 9.17) is 0 Å². The van der Waals surface area contributed by atoms with E-state index in [9.17, 15) is 17.6 Å². The van der Waals surface area contributed by atoms with Gasteiger partial charge in [-0.05, 0) is 51.3 Å². The third-order valence-corrected chi connectivity index (χ3v) is 5.06. The Morgan fingerprint density at radius 1 is 1.27 bits per heavy atom. The summed E-state index contributed by atoms with van der Waals surface area (Å²) >= 11 is 0. The molecule has 0 unspecified atom stereocenters. The Hall–Kier alpha value is -1.47. The molecule has 0 spiro atoms. The minimum absolute atomic E-state index is 0.213. The highest BCUT2D eigenvalue weighted by Crippen LogP contribution is 2.14. The van der Waals surface area contributed by atoms with Gasteiger partial charge in [-0.25, -0.2) is 17.5 Å². The van der Waals surface area contributed by atoms with Crippen molar-refractivity contribution in [3.8, 4) is 0 Å². The van der Waals surface area contributed by atoms with Gasteiger partial charge in [0.05, 0.1) is 5.25 Å². The van der Waals surface area contributed by atoms with E-state index < -0.39 is 15.3 Å². The number of carbonyl (C=O) groups excluding carboxylic acids is 1. The number of hydrogen-bond donors (Lipinski definition) is 2. The van der Waals surface area contributed by atoms with E-state index in [-0.39, 0.29) is 18.1 Å². The van der Waals surface area contributed by atoms with Gasteiger partial charge in [0, 0.05) is 18.7 Å². The molecule has 0 atom stereocenters. The third-order valence-electron chi connectivity index (χ3n) is 3.21. The summed E-state index contributed by atoms with van der Waals surface area (Å²) in [6.07, 6.45) is 1.39. The zero-order valence-electron chi connectivity index (χ0n) is 13.1. The van der Waals surface area contributed by atoms with Crippen LogP contribution in [0.25, 0.3) is 0 Å². The van der Waals surface area contributed by atoms with Crippen LogP contribution in [0.15, 0.2) is 18.2 Å². The Labute approximate surface area is 131 Å². The van der Waals surface area contributed by atoms with Crippen LogP contribution in [0.3, 0.4) is 0 Å². The maximum Gasteiger partial charge on any atom is 0.224 e. The standard InChI is InChI=1S/C15H23FN2O3S/c1-11(2)22(20,21)17-9-5-4-6-15(19)18-13-8-7-12(3)14(16)10-13/h7-8,10-11,17H,4-6,9H2,1-3H3,(H,18,19). The Bertz CT molecular complexity index is 615. The normalized spacial score (nSPS) is 11.7. The predicted octanol–water partition coefficient (Wildman–Crippen LogP) is 2.57. The summed E-state index contributed by atoms with van der Waals surface area (Å²) in [5, 5.41) is 2.15. The van der Waals surface area contributed by atoms with Gasteiger partial charge in [0.2, 0.25) is 15.9 Å². The van der Waals surface area contributed by atoms with Gasteiger partial charge in [0.25, 0.3) is 0 Å². The summed E-state index contributed by atoms with van der Waals surface area (Å²) in [5.74, 6) is -0.573. The first-order chi connectivity index (χ1) is 10.2. The largest absolute Gasteiger partial charge is 0.326 e. The van der Waals surface area contributed by atoms with Gasteiger partial charge in [0.1, 0.15) is 5.82 Å². The van der Waals surface area contributed by atoms with Crippen LogP contribution in [-0.2, 0) is 14.8 Å². The van der Waals surface area contributed by atoms with E-state index >= 15 is 0 Å². The second-order valence-corrected chi connectivity index (χ2v) is 7.78. The first-order valence-corrected chi connectivity index (χ1v) is 8.81. The lowest BCUT2D eigenvalue weighted by Gasteiger charge is -2.09. The van der Waals surface area contributed by atoms with Crippen molar-refractivity contribution in [1.82, 2.24) is 4.72 Å². The van der Waals surface area contributed by atoms with E-state index in [2.05, 4.69) is 10.0 Å². The quantitative estimate of drug-likeness (QED) is 0.719. The fourth-order valence-electron chi connectivity index (χ4n) is 1.69. The highest BCUT2D eigenvalue weighted by molar-refractivity contribution is 7.90. The van der Waals surface area contributed by atoms with Crippen LogP contribution in [0.1, 0.15) is 38.7 Å². The van der Waals surface area contributed by atoms with Gasteiger partial charge in [-0.15, -0.1) is 0 Å². The minimum atomic E-state index is -3.25. The lowest BCUT2D eigenvalue weighted by atomic mass is 10.2. The van der Waals surface area contributed by atoms with Crippen LogP contribution >= 0.6 is 0 Å². The number of nitrogens with one attached hydrogen (secondary N) is 2. The molecule has 0 radical (unpaired) electrons. The molecular formula is C15H23FN2O3S. The number of carbonyl (C=O) groups is 1. The van der Waals surface area contributed by atoms with Gasteiger partial charge in [-0.3, -0.25) is 4.79 Å². The van der Waals surface area contributed by atoms with E-state index in [0.717, 1.165) is 0 Å². The van der Waals surface area contributed by atoms with Crippen molar-refractivity contribution in [2.45, 2.75) is 45.3 Å². The number of halogens is 1. The summed E-state index contributed by atoms with van der Waals surface area (Å²) in [6.45, 7) is 5.18. The number of sulfonamides is 1. The fraction of sp³-hybridized carbons (Fsp3) is 0.533. The Kier molecular flexibility index (Phi) is 6.96. The van der Waals surface area contributed by atoms with Crippen molar-refractivity contribution in [2.75, 3.05) is 11.9 Å². The monoisotopic (exact) mass is 330 g/mol. The predicted molar refractivity (Wildman–Crippen MR) is 85.7 cm³/mol. The average molecular weight is 330 g/mol. The molecule has 1 rings (SSSR count). The number of benzene rings is 1. The van der Waals surface area contributed by atoms with Crippen molar-refractivity contribution in [1.29, 1.82) is 0 Å². The van der Waals surface area contributed by atoms with Gasteiger partial charge < -0.3 is 5.32 Å². The molecule has 0 saturated carbocycles. The summed E-state index contributed by atoms with van der Waals surface area (Å²) in [6, 6.07) is 4.53. The molecule has 2 N–H and O–H groups in total. The van der Waals surface area contributed by atoms with Crippen molar-refractivity contribution < 1.29 is 17.6 Å². The first kappa shape index (κ1) is 18.6. The van der Waals surface area contributed by atoms with Gasteiger partial charge in [0.15, 0.2) is 0 Å². The van der Waals surface area contributed by atoms with Gasteiger partial charge >= 0.3 is 0 Å². The Balaban J connectivity index is 2.28. The number of unbranched alkanes of at least 4 members (excludes halogenated alkanes) is 1. The number of aryl methyl sites for hydroxylation is 1. The molecule has 5 nitrogen and oxygen atoms in total. The Morgan fingerprint density at radius 2 is 1.95 bits per heavy atom. The molecule has 0 saturated heterocycles. The second-order valence-electron chi connectivity index (χ2n) is 5.46. The maximum absolute atomic E-state index is 13.3. The van der Waals surface area contributed by atoms with E-state index in [1.165, 1.54) is 6.07 Å².